The molecular weight excluding hydrogens is 194 g/mol. The second-order valence-electron chi connectivity index (χ2n) is 4.35. The van der Waals surface area contributed by atoms with Crippen molar-refractivity contribution in [2.24, 2.45) is 5.92 Å². The van der Waals surface area contributed by atoms with Gasteiger partial charge in [0.1, 0.15) is 0 Å². The Morgan fingerprint density at radius 3 is 2.40 bits per heavy atom. The van der Waals surface area contributed by atoms with Crippen LogP contribution >= 0.6 is 0 Å². The molecule has 0 aliphatic heterocycles. The van der Waals surface area contributed by atoms with Crippen LogP contribution in [0.3, 0.4) is 0 Å². The van der Waals surface area contributed by atoms with E-state index in [0.717, 1.165) is 19.4 Å². The molecule has 0 aromatic heterocycles. The van der Waals surface area contributed by atoms with Gasteiger partial charge in [-0.15, -0.1) is 0 Å². The van der Waals surface area contributed by atoms with Gasteiger partial charge in [0.2, 0.25) is 0 Å². The summed E-state index contributed by atoms with van der Waals surface area (Å²) in [5.41, 5.74) is 0. The maximum Gasteiger partial charge on any atom is 0.397 e. The fourth-order valence-electron chi connectivity index (χ4n) is 1.67. The molecular formula is C11H17NO3. The van der Waals surface area contributed by atoms with Gasteiger partial charge in [0.15, 0.2) is 0 Å². The molecule has 2 aliphatic carbocycles. The summed E-state index contributed by atoms with van der Waals surface area (Å²) in [6.07, 6.45) is 4.47. The quantitative estimate of drug-likeness (QED) is 0.514. The number of rotatable bonds is 4. The van der Waals surface area contributed by atoms with Crippen LogP contribution in [0.25, 0.3) is 0 Å². The maximum atomic E-state index is 11.7. The summed E-state index contributed by atoms with van der Waals surface area (Å²) >= 11 is 0. The zero-order valence-electron chi connectivity index (χ0n) is 9.07. The lowest BCUT2D eigenvalue weighted by atomic mass is 10.3. The Labute approximate surface area is 89.6 Å². The molecule has 2 rings (SSSR count). The first-order chi connectivity index (χ1) is 7.22. The third-order valence-corrected chi connectivity index (χ3v) is 2.85. The molecule has 2 aliphatic rings. The largest absolute Gasteiger partial charge is 0.459 e. The zero-order valence-corrected chi connectivity index (χ0v) is 9.07. The van der Waals surface area contributed by atoms with Gasteiger partial charge in [-0.3, -0.25) is 4.79 Å². The minimum atomic E-state index is -0.690. The van der Waals surface area contributed by atoms with Gasteiger partial charge in [0.05, 0.1) is 6.61 Å². The zero-order chi connectivity index (χ0) is 10.8. The molecule has 0 N–H and O–H groups in total. The lowest BCUT2D eigenvalue weighted by Gasteiger charge is -2.20. The third kappa shape index (κ3) is 2.70. The van der Waals surface area contributed by atoms with Crippen LogP contribution in [-0.2, 0) is 14.3 Å². The maximum absolute atomic E-state index is 11.7. The summed E-state index contributed by atoms with van der Waals surface area (Å²) in [6, 6.07) is 0.308. The van der Waals surface area contributed by atoms with Gasteiger partial charge >= 0.3 is 11.9 Å². The van der Waals surface area contributed by atoms with Crippen molar-refractivity contribution in [3.05, 3.63) is 0 Å². The predicted octanol–water partition coefficient (Wildman–Crippen LogP) is 0.950. The van der Waals surface area contributed by atoms with Gasteiger partial charge in [-0.2, -0.15) is 0 Å². The van der Waals surface area contributed by atoms with Crippen molar-refractivity contribution in [1.29, 1.82) is 0 Å². The molecule has 2 fully saturated rings. The number of esters is 1. The fourth-order valence-corrected chi connectivity index (χ4v) is 1.67. The third-order valence-electron chi connectivity index (χ3n) is 2.85. The second-order valence-corrected chi connectivity index (χ2v) is 4.35. The average molecular weight is 211 g/mol. The van der Waals surface area contributed by atoms with Gasteiger partial charge < -0.3 is 9.64 Å². The monoisotopic (exact) mass is 211 g/mol. The topological polar surface area (TPSA) is 46.6 Å². The van der Waals surface area contributed by atoms with E-state index in [-0.39, 0.29) is 6.61 Å². The number of hydrogen-bond donors (Lipinski definition) is 0. The Balaban J connectivity index is 1.90. The number of carbonyl (C=O) groups is 2. The van der Waals surface area contributed by atoms with Gasteiger partial charge in [0.25, 0.3) is 0 Å². The molecule has 84 valence electrons. The molecule has 2 saturated carbocycles. The smallest absolute Gasteiger partial charge is 0.397 e. The van der Waals surface area contributed by atoms with Crippen LogP contribution in [0.1, 0.15) is 32.6 Å². The van der Waals surface area contributed by atoms with Gasteiger partial charge in [-0.05, 0) is 38.5 Å². The predicted molar refractivity (Wildman–Crippen MR) is 54.1 cm³/mol. The fraction of sp³-hybridized carbons (Fsp3) is 0.818. The van der Waals surface area contributed by atoms with Crippen LogP contribution in [0.2, 0.25) is 0 Å². The summed E-state index contributed by atoms with van der Waals surface area (Å²) in [5.74, 6) is -0.500. The first-order valence-corrected chi connectivity index (χ1v) is 5.70. The van der Waals surface area contributed by atoms with E-state index in [1.54, 1.807) is 11.8 Å². The van der Waals surface area contributed by atoms with E-state index in [9.17, 15) is 9.59 Å². The normalized spacial score (nSPS) is 19.8. The van der Waals surface area contributed by atoms with E-state index in [0.29, 0.717) is 12.0 Å². The Bertz CT molecular complexity index is 269. The number of amides is 1. The highest BCUT2D eigenvalue weighted by atomic mass is 16.5. The summed E-state index contributed by atoms with van der Waals surface area (Å²) in [6.45, 7) is 2.74. The highest BCUT2D eigenvalue weighted by Crippen LogP contribution is 2.34. The van der Waals surface area contributed by atoms with E-state index >= 15 is 0 Å². The Morgan fingerprint density at radius 1 is 1.27 bits per heavy atom. The Kier molecular flexibility index (Phi) is 2.93. The van der Waals surface area contributed by atoms with E-state index in [4.69, 9.17) is 4.74 Å². The summed E-state index contributed by atoms with van der Waals surface area (Å²) in [4.78, 5) is 24.8. The number of ether oxygens (including phenoxy) is 1. The SMILES string of the molecule is CCOC(=O)C(=O)N(CC1CC1)C1CC1. The van der Waals surface area contributed by atoms with Crippen LogP contribution in [0.15, 0.2) is 0 Å². The average Bonchev–Trinajstić information content (AvgIpc) is 3.04. The molecule has 0 aromatic rings. The molecule has 4 heteroatoms. The number of carbonyl (C=O) groups excluding carboxylic acids is 2. The Morgan fingerprint density at radius 2 is 1.93 bits per heavy atom. The molecule has 0 saturated heterocycles. The first-order valence-electron chi connectivity index (χ1n) is 5.70. The van der Waals surface area contributed by atoms with Crippen LogP contribution in [-0.4, -0.2) is 36.0 Å². The molecule has 0 aromatic carbocycles. The van der Waals surface area contributed by atoms with E-state index in [2.05, 4.69) is 0 Å². The molecule has 1 amide bonds. The summed E-state index contributed by atoms with van der Waals surface area (Å²) < 4.78 is 4.73. The van der Waals surface area contributed by atoms with Crippen LogP contribution in [0, 0.1) is 5.92 Å². The second kappa shape index (κ2) is 4.21. The lowest BCUT2D eigenvalue weighted by molar-refractivity contribution is -0.160. The van der Waals surface area contributed by atoms with E-state index in [1.807, 2.05) is 0 Å². The highest BCUT2D eigenvalue weighted by Gasteiger charge is 2.39. The molecule has 0 radical (unpaired) electrons. The van der Waals surface area contributed by atoms with Crippen molar-refractivity contribution in [1.82, 2.24) is 4.90 Å². The molecule has 15 heavy (non-hydrogen) atoms. The van der Waals surface area contributed by atoms with Crippen molar-refractivity contribution >= 4 is 11.9 Å². The molecule has 4 nitrogen and oxygen atoms in total. The van der Waals surface area contributed by atoms with Crippen molar-refractivity contribution < 1.29 is 14.3 Å². The number of hydrogen-bond acceptors (Lipinski definition) is 3. The van der Waals surface area contributed by atoms with Crippen molar-refractivity contribution in [2.45, 2.75) is 38.6 Å². The van der Waals surface area contributed by atoms with Crippen molar-refractivity contribution in [3.8, 4) is 0 Å². The van der Waals surface area contributed by atoms with Gasteiger partial charge in [-0.1, -0.05) is 0 Å². The van der Waals surface area contributed by atoms with Gasteiger partial charge in [0, 0.05) is 12.6 Å². The van der Waals surface area contributed by atoms with Crippen molar-refractivity contribution in [3.63, 3.8) is 0 Å². The lowest BCUT2D eigenvalue weighted by Crippen LogP contribution is -2.40. The molecule has 0 atom stereocenters. The minimum absolute atomic E-state index is 0.270. The van der Waals surface area contributed by atoms with Crippen LogP contribution in [0.4, 0.5) is 0 Å². The molecule has 0 bridgehead atoms. The highest BCUT2D eigenvalue weighted by molar-refractivity contribution is 6.32. The minimum Gasteiger partial charge on any atom is -0.459 e. The standard InChI is InChI=1S/C11H17NO3/c1-2-15-11(14)10(13)12(9-5-6-9)7-8-3-4-8/h8-9H,2-7H2,1H3. The van der Waals surface area contributed by atoms with Crippen LogP contribution < -0.4 is 0 Å². The van der Waals surface area contributed by atoms with Crippen molar-refractivity contribution in [2.75, 3.05) is 13.2 Å². The van der Waals surface area contributed by atoms with Crippen LogP contribution in [0.5, 0.6) is 0 Å². The number of nitrogens with zero attached hydrogens (tertiary/aromatic N) is 1. The summed E-state index contributed by atoms with van der Waals surface area (Å²) in [7, 11) is 0. The summed E-state index contributed by atoms with van der Waals surface area (Å²) in [5, 5.41) is 0. The molecule has 0 unspecified atom stereocenters. The Hall–Kier alpha value is -1.06. The first kappa shape index (κ1) is 10.5. The molecule has 0 heterocycles. The van der Waals surface area contributed by atoms with Gasteiger partial charge in [-0.25, -0.2) is 4.79 Å². The van der Waals surface area contributed by atoms with E-state index in [1.165, 1.54) is 12.8 Å². The van der Waals surface area contributed by atoms with E-state index < -0.39 is 11.9 Å². The molecule has 0 spiro atoms.